The van der Waals surface area contributed by atoms with Crippen LogP contribution < -0.4 is 11.1 Å². The van der Waals surface area contributed by atoms with Crippen LogP contribution in [0.5, 0.6) is 0 Å². The molecule has 0 aliphatic heterocycles. The molecule has 0 rings (SSSR count). The Morgan fingerprint density at radius 1 is 1.64 bits per heavy atom. The molecule has 11 heavy (non-hydrogen) atoms. The molecule has 0 aliphatic carbocycles. The lowest BCUT2D eigenvalue weighted by Gasteiger charge is -2.09. The van der Waals surface area contributed by atoms with Crippen LogP contribution >= 0.6 is 0 Å². The summed E-state index contributed by atoms with van der Waals surface area (Å²) in [4.78, 5) is 10.4. The van der Waals surface area contributed by atoms with Gasteiger partial charge >= 0.3 is 0 Å². The topological polar surface area (TPSA) is 55.1 Å². The predicted octanol–water partition coefficient (Wildman–Crippen LogP) is 1.38. The molecule has 0 saturated carbocycles. The van der Waals surface area contributed by atoms with Crippen molar-refractivity contribution in [2.45, 2.75) is 40.2 Å². The van der Waals surface area contributed by atoms with Crippen molar-refractivity contribution in [3.63, 3.8) is 0 Å². The van der Waals surface area contributed by atoms with Gasteiger partial charge in [0, 0.05) is 15.8 Å². The Hall–Kier alpha value is -0.570. The summed E-state index contributed by atoms with van der Waals surface area (Å²) in [5, 5.41) is 2.72. The SMILES string of the molecule is CC.CC(=O)NC(C)CCN.[HH].[HH]. The Kier molecular flexibility index (Phi) is 11.2. The summed E-state index contributed by atoms with van der Waals surface area (Å²) in [6, 6.07) is 0.215. The summed E-state index contributed by atoms with van der Waals surface area (Å²) in [5.74, 6) is 0.0101. The van der Waals surface area contributed by atoms with Gasteiger partial charge in [0.25, 0.3) is 0 Å². The van der Waals surface area contributed by atoms with Crippen LogP contribution in [0.3, 0.4) is 0 Å². The van der Waals surface area contributed by atoms with Crippen LogP contribution in [-0.2, 0) is 4.79 Å². The summed E-state index contributed by atoms with van der Waals surface area (Å²) >= 11 is 0. The van der Waals surface area contributed by atoms with Gasteiger partial charge in [0.15, 0.2) is 0 Å². The third-order valence-corrected chi connectivity index (χ3v) is 1.05. The van der Waals surface area contributed by atoms with Crippen molar-refractivity contribution >= 4 is 5.91 Å². The van der Waals surface area contributed by atoms with Gasteiger partial charge in [-0.2, -0.15) is 0 Å². The van der Waals surface area contributed by atoms with Crippen LogP contribution in [0.25, 0.3) is 0 Å². The molecule has 0 aromatic rings. The smallest absolute Gasteiger partial charge is 0.217 e. The van der Waals surface area contributed by atoms with Gasteiger partial charge in [-0.15, -0.1) is 0 Å². The second-order valence-electron chi connectivity index (χ2n) is 2.18. The molecule has 0 bridgehead atoms. The zero-order chi connectivity index (χ0) is 9.28. The molecule has 0 aliphatic rings. The second kappa shape index (κ2) is 9.43. The van der Waals surface area contributed by atoms with Crippen molar-refractivity contribution in [3.8, 4) is 0 Å². The zero-order valence-electron chi connectivity index (χ0n) is 7.98. The number of nitrogens with two attached hydrogens (primary N) is 1. The lowest BCUT2D eigenvalue weighted by atomic mass is 10.2. The maximum atomic E-state index is 10.4. The van der Waals surface area contributed by atoms with Crippen molar-refractivity contribution in [1.29, 1.82) is 0 Å². The molecular formula is C8H24N2O. The Bertz CT molecular complexity index is 102. The number of hydrogen-bond donors (Lipinski definition) is 2. The Labute approximate surface area is 72.3 Å². The van der Waals surface area contributed by atoms with Crippen LogP contribution in [0.2, 0.25) is 0 Å². The van der Waals surface area contributed by atoms with Gasteiger partial charge in [-0.05, 0) is 19.9 Å². The van der Waals surface area contributed by atoms with Crippen molar-refractivity contribution in [1.82, 2.24) is 5.32 Å². The summed E-state index contributed by atoms with van der Waals surface area (Å²) < 4.78 is 0. The number of nitrogens with one attached hydrogen (secondary N) is 1. The molecule has 3 heteroatoms. The summed E-state index contributed by atoms with van der Waals surface area (Å²) in [5.41, 5.74) is 5.25. The second-order valence-corrected chi connectivity index (χ2v) is 2.18. The molecule has 0 saturated heterocycles. The highest BCUT2D eigenvalue weighted by Crippen LogP contribution is 1.85. The highest BCUT2D eigenvalue weighted by atomic mass is 16.1. The average Bonchev–Trinajstić information content (AvgIpc) is 1.91. The molecule has 0 spiro atoms. The fraction of sp³-hybridized carbons (Fsp3) is 0.875. The molecule has 1 atom stereocenters. The first-order valence-electron chi connectivity index (χ1n) is 4.14. The van der Waals surface area contributed by atoms with E-state index in [1.165, 1.54) is 6.92 Å². The first kappa shape index (κ1) is 13.1. The first-order chi connectivity index (χ1) is 5.16. The Balaban J connectivity index is -0.0000000941. The normalized spacial score (nSPS) is 11.0. The fourth-order valence-electron chi connectivity index (χ4n) is 0.669. The molecule has 1 unspecified atom stereocenters. The zero-order valence-corrected chi connectivity index (χ0v) is 7.98. The largest absolute Gasteiger partial charge is 0.354 e. The van der Waals surface area contributed by atoms with Crippen LogP contribution in [0.4, 0.5) is 0 Å². The van der Waals surface area contributed by atoms with Crippen LogP contribution in [0, 0.1) is 0 Å². The molecule has 0 fully saturated rings. The number of amides is 1. The third kappa shape index (κ3) is 12.6. The monoisotopic (exact) mass is 164 g/mol. The molecule has 1 amide bonds. The van der Waals surface area contributed by atoms with Crippen LogP contribution in [-0.4, -0.2) is 18.5 Å². The van der Waals surface area contributed by atoms with Gasteiger partial charge < -0.3 is 11.1 Å². The van der Waals surface area contributed by atoms with Gasteiger partial charge in [0.2, 0.25) is 5.91 Å². The quantitative estimate of drug-likeness (QED) is 0.662. The molecule has 0 aromatic heterocycles. The van der Waals surface area contributed by atoms with Crippen molar-refractivity contribution < 1.29 is 7.65 Å². The van der Waals surface area contributed by atoms with E-state index in [9.17, 15) is 4.79 Å². The Morgan fingerprint density at radius 2 is 2.09 bits per heavy atom. The van der Waals surface area contributed by atoms with E-state index in [2.05, 4.69) is 5.32 Å². The van der Waals surface area contributed by atoms with E-state index in [-0.39, 0.29) is 14.8 Å². The molecule has 72 valence electrons. The maximum absolute atomic E-state index is 10.4. The number of hydrogen-bond acceptors (Lipinski definition) is 2. The van der Waals surface area contributed by atoms with Crippen LogP contribution in [0.15, 0.2) is 0 Å². The van der Waals surface area contributed by atoms with Crippen LogP contribution in [0.1, 0.15) is 37.0 Å². The number of carbonyl (C=O) groups excluding carboxylic acids is 1. The van der Waals surface area contributed by atoms with Crippen molar-refractivity contribution in [2.24, 2.45) is 5.73 Å². The van der Waals surface area contributed by atoms with Gasteiger partial charge in [0.1, 0.15) is 0 Å². The Morgan fingerprint density at radius 3 is 2.36 bits per heavy atom. The highest BCUT2D eigenvalue weighted by Gasteiger charge is 1.99. The van der Waals surface area contributed by atoms with E-state index >= 15 is 0 Å². The number of rotatable bonds is 3. The van der Waals surface area contributed by atoms with Gasteiger partial charge in [-0.3, -0.25) is 4.79 Å². The molecular weight excluding hydrogens is 140 g/mol. The molecule has 3 N–H and O–H groups in total. The predicted molar refractivity (Wildman–Crippen MR) is 52.5 cm³/mol. The lowest BCUT2D eigenvalue weighted by molar-refractivity contribution is -0.119. The first-order valence-corrected chi connectivity index (χ1v) is 4.14. The third-order valence-electron chi connectivity index (χ3n) is 1.05. The van der Waals surface area contributed by atoms with E-state index < -0.39 is 0 Å². The molecule has 0 aromatic carbocycles. The summed E-state index contributed by atoms with van der Waals surface area (Å²) in [7, 11) is 0. The summed E-state index contributed by atoms with van der Waals surface area (Å²) in [6.45, 7) is 8.07. The van der Waals surface area contributed by atoms with Crippen molar-refractivity contribution in [3.05, 3.63) is 0 Å². The highest BCUT2D eigenvalue weighted by molar-refractivity contribution is 5.73. The number of carbonyl (C=O) groups is 1. The minimum absolute atomic E-state index is 0. The standard InChI is InChI=1S/C6H14N2O.C2H6.2H2/c1-5(3-4-7)8-6(2)9;1-2;;/h5H,3-4,7H2,1-2H3,(H,8,9);1-2H3;2*1H. The average molecular weight is 164 g/mol. The van der Waals surface area contributed by atoms with Gasteiger partial charge in [-0.1, -0.05) is 13.8 Å². The molecule has 0 radical (unpaired) electrons. The molecule has 0 heterocycles. The van der Waals surface area contributed by atoms with E-state index in [0.29, 0.717) is 6.54 Å². The van der Waals surface area contributed by atoms with E-state index in [1.807, 2.05) is 20.8 Å². The van der Waals surface area contributed by atoms with Crippen molar-refractivity contribution in [2.75, 3.05) is 6.54 Å². The maximum Gasteiger partial charge on any atom is 0.217 e. The lowest BCUT2D eigenvalue weighted by Crippen LogP contribution is -2.31. The molecule has 3 nitrogen and oxygen atoms in total. The van der Waals surface area contributed by atoms with E-state index in [1.54, 1.807) is 0 Å². The minimum atomic E-state index is 0. The van der Waals surface area contributed by atoms with Gasteiger partial charge in [0.05, 0.1) is 0 Å². The minimum Gasteiger partial charge on any atom is -0.354 e. The fourth-order valence-corrected chi connectivity index (χ4v) is 0.669. The van der Waals surface area contributed by atoms with E-state index in [0.717, 1.165) is 6.42 Å². The van der Waals surface area contributed by atoms with E-state index in [4.69, 9.17) is 5.73 Å². The van der Waals surface area contributed by atoms with Gasteiger partial charge in [-0.25, -0.2) is 0 Å². The summed E-state index contributed by atoms with van der Waals surface area (Å²) in [6.07, 6.45) is 0.847.